The molecular formula is C17H32N2O2. The Morgan fingerprint density at radius 3 is 2.71 bits per heavy atom. The van der Waals surface area contributed by atoms with Crippen molar-refractivity contribution in [1.29, 1.82) is 0 Å². The predicted octanol–water partition coefficient (Wildman–Crippen LogP) is 2.43. The van der Waals surface area contributed by atoms with Gasteiger partial charge in [0.1, 0.15) is 0 Å². The van der Waals surface area contributed by atoms with Crippen LogP contribution in [0, 0.1) is 11.8 Å². The van der Waals surface area contributed by atoms with Crippen LogP contribution in [0.5, 0.6) is 0 Å². The first-order valence-electron chi connectivity index (χ1n) is 8.73. The van der Waals surface area contributed by atoms with Crippen LogP contribution in [0.4, 0.5) is 0 Å². The molecule has 2 rings (SSSR count). The molecular weight excluding hydrogens is 264 g/mol. The highest BCUT2D eigenvalue weighted by Crippen LogP contribution is 2.26. The zero-order valence-corrected chi connectivity index (χ0v) is 13.8. The summed E-state index contributed by atoms with van der Waals surface area (Å²) in [5.41, 5.74) is 0. The Morgan fingerprint density at radius 2 is 2.10 bits per heavy atom. The third-order valence-electron chi connectivity index (χ3n) is 5.04. The van der Waals surface area contributed by atoms with Crippen molar-refractivity contribution in [3.05, 3.63) is 0 Å². The van der Waals surface area contributed by atoms with Gasteiger partial charge in [-0.2, -0.15) is 0 Å². The van der Waals surface area contributed by atoms with Crippen LogP contribution in [-0.4, -0.2) is 50.2 Å². The van der Waals surface area contributed by atoms with Gasteiger partial charge < -0.3 is 15.0 Å². The van der Waals surface area contributed by atoms with Crippen molar-refractivity contribution in [2.24, 2.45) is 11.8 Å². The molecule has 0 radical (unpaired) electrons. The van der Waals surface area contributed by atoms with Gasteiger partial charge in [0.05, 0.1) is 7.11 Å². The number of methoxy groups -OCH3 is 1. The maximum absolute atomic E-state index is 11.6. The van der Waals surface area contributed by atoms with Crippen LogP contribution in [0.3, 0.4) is 0 Å². The second-order valence-electron chi connectivity index (χ2n) is 6.90. The summed E-state index contributed by atoms with van der Waals surface area (Å²) in [7, 11) is 1.49. The molecule has 1 saturated carbocycles. The Morgan fingerprint density at radius 1 is 1.29 bits per heavy atom. The summed E-state index contributed by atoms with van der Waals surface area (Å²) in [6.45, 7) is 6.76. The number of hydrogen-bond acceptors (Lipinski definition) is 4. The molecule has 4 heteroatoms. The highest BCUT2D eigenvalue weighted by atomic mass is 16.5. The molecule has 1 aliphatic carbocycles. The van der Waals surface area contributed by atoms with E-state index in [1.54, 1.807) is 0 Å². The Balaban J connectivity index is 1.80. The van der Waals surface area contributed by atoms with E-state index in [0.29, 0.717) is 18.4 Å². The minimum absolute atomic E-state index is 0.0601. The number of ether oxygens (including phenoxy) is 1. The average molecular weight is 296 g/mol. The topological polar surface area (TPSA) is 41.6 Å². The van der Waals surface area contributed by atoms with Crippen LogP contribution in [0.25, 0.3) is 0 Å². The van der Waals surface area contributed by atoms with E-state index < -0.39 is 0 Å². The molecule has 0 spiro atoms. The van der Waals surface area contributed by atoms with E-state index in [4.69, 9.17) is 4.74 Å². The fourth-order valence-corrected chi connectivity index (χ4v) is 3.51. The maximum atomic E-state index is 11.6. The molecule has 122 valence electrons. The molecule has 2 aliphatic rings. The van der Waals surface area contributed by atoms with Crippen molar-refractivity contribution < 1.29 is 9.53 Å². The molecule has 0 aromatic heterocycles. The first-order chi connectivity index (χ1) is 10.2. The molecule has 0 amide bonds. The second-order valence-corrected chi connectivity index (χ2v) is 6.90. The largest absolute Gasteiger partial charge is 0.469 e. The van der Waals surface area contributed by atoms with Gasteiger partial charge in [0.25, 0.3) is 0 Å². The summed E-state index contributed by atoms with van der Waals surface area (Å²) in [5, 5.41) is 3.76. The Bertz CT molecular complexity index is 318. The third kappa shape index (κ3) is 5.59. The van der Waals surface area contributed by atoms with Crippen molar-refractivity contribution in [3.8, 4) is 0 Å². The molecule has 0 aromatic carbocycles. The number of rotatable bonds is 8. The van der Waals surface area contributed by atoms with Gasteiger partial charge in [-0.25, -0.2) is 0 Å². The fourth-order valence-electron chi connectivity index (χ4n) is 3.51. The van der Waals surface area contributed by atoms with Crippen molar-refractivity contribution in [1.82, 2.24) is 10.2 Å². The van der Waals surface area contributed by atoms with Crippen LogP contribution in [0.1, 0.15) is 51.9 Å². The number of unbranched alkanes of at least 4 members (excludes halogenated alkanes) is 1. The third-order valence-corrected chi connectivity index (χ3v) is 5.04. The molecule has 21 heavy (non-hydrogen) atoms. The fraction of sp³-hybridized carbons (Fsp3) is 0.941. The number of nitrogens with zero attached hydrogens (tertiary/aromatic N) is 1. The van der Waals surface area contributed by atoms with Crippen molar-refractivity contribution >= 4 is 5.97 Å². The van der Waals surface area contributed by atoms with Gasteiger partial charge in [0.2, 0.25) is 0 Å². The van der Waals surface area contributed by atoms with E-state index in [1.165, 1.54) is 39.2 Å². The van der Waals surface area contributed by atoms with Crippen LogP contribution in [0.15, 0.2) is 0 Å². The normalized spacial score (nSPS) is 27.3. The Hall–Kier alpha value is -0.610. The summed E-state index contributed by atoms with van der Waals surface area (Å²) in [6.07, 6.45) is 8.37. The molecule has 2 unspecified atom stereocenters. The van der Waals surface area contributed by atoms with Gasteiger partial charge in [0.15, 0.2) is 0 Å². The second kappa shape index (κ2) is 8.74. The monoisotopic (exact) mass is 296 g/mol. The van der Waals surface area contributed by atoms with Crippen LogP contribution >= 0.6 is 0 Å². The van der Waals surface area contributed by atoms with Crippen LogP contribution < -0.4 is 5.32 Å². The van der Waals surface area contributed by atoms with Crippen LogP contribution in [-0.2, 0) is 9.53 Å². The predicted molar refractivity (Wildman–Crippen MR) is 85.2 cm³/mol. The lowest BCUT2D eigenvalue weighted by atomic mass is 9.84. The first kappa shape index (κ1) is 16.8. The summed E-state index contributed by atoms with van der Waals surface area (Å²) >= 11 is 0. The van der Waals surface area contributed by atoms with Gasteiger partial charge in [-0.15, -0.1) is 0 Å². The highest BCUT2D eigenvalue weighted by molar-refractivity contribution is 5.69. The molecule has 1 saturated heterocycles. The SMILES string of the molecule is CCCCN1CC(CC(=O)OC)CC(NCC2CCC2)C1. The standard InChI is InChI=1S/C17H32N2O2/c1-3-4-8-19-12-15(10-17(20)21-2)9-16(13-19)18-11-14-6-5-7-14/h14-16,18H,3-13H2,1-2H3. The number of carbonyl (C=O) groups excluding carboxylic acids is 1. The number of likely N-dealkylation sites (tertiary alicyclic amines) is 1. The van der Waals surface area contributed by atoms with E-state index in [-0.39, 0.29) is 5.97 Å². The first-order valence-corrected chi connectivity index (χ1v) is 8.73. The lowest BCUT2D eigenvalue weighted by Crippen LogP contribution is -2.51. The van der Waals surface area contributed by atoms with Crippen molar-refractivity contribution in [2.75, 3.05) is 33.3 Å². The summed E-state index contributed by atoms with van der Waals surface area (Å²) < 4.78 is 4.85. The van der Waals surface area contributed by atoms with E-state index in [2.05, 4.69) is 17.1 Å². The van der Waals surface area contributed by atoms with Crippen molar-refractivity contribution in [2.45, 2.75) is 57.9 Å². The number of hydrogen-bond donors (Lipinski definition) is 1. The van der Waals surface area contributed by atoms with E-state index >= 15 is 0 Å². The van der Waals surface area contributed by atoms with Gasteiger partial charge in [0, 0.05) is 25.6 Å². The number of carbonyl (C=O) groups is 1. The minimum atomic E-state index is -0.0601. The molecule has 4 nitrogen and oxygen atoms in total. The van der Waals surface area contributed by atoms with Crippen LogP contribution in [0.2, 0.25) is 0 Å². The molecule has 1 aliphatic heterocycles. The molecule has 1 N–H and O–H groups in total. The van der Waals surface area contributed by atoms with Gasteiger partial charge >= 0.3 is 5.97 Å². The lowest BCUT2D eigenvalue weighted by Gasteiger charge is -2.39. The molecule has 0 aromatic rings. The molecule has 1 heterocycles. The minimum Gasteiger partial charge on any atom is -0.469 e. The van der Waals surface area contributed by atoms with Gasteiger partial charge in [-0.05, 0) is 50.6 Å². The van der Waals surface area contributed by atoms with Gasteiger partial charge in [-0.1, -0.05) is 19.8 Å². The zero-order chi connectivity index (χ0) is 15.1. The smallest absolute Gasteiger partial charge is 0.305 e. The summed E-state index contributed by atoms with van der Waals surface area (Å²) in [5.74, 6) is 1.28. The Labute approximate surface area is 129 Å². The molecule has 0 bridgehead atoms. The van der Waals surface area contributed by atoms with E-state index in [0.717, 1.165) is 38.5 Å². The van der Waals surface area contributed by atoms with Crippen molar-refractivity contribution in [3.63, 3.8) is 0 Å². The zero-order valence-electron chi connectivity index (χ0n) is 13.8. The molecule has 2 atom stereocenters. The summed E-state index contributed by atoms with van der Waals surface area (Å²) in [6, 6.07) is 0.547. The number of piperidine rings is 1. The number of esters is 1. The van der Waals surface area contributed by atoms with E-state index in [1.807, 2.05) is 0 Å². The summed E-state index contributed by atoms with van der Waals surface area (Å²) in [4.78, 5) is 14.1. The quantitative estimate of drug-likeness (QED) is 0.699. The highest BCUT2D eigenvalue weighted by Gasteiger charge is 2.29. The van der Waals surface area contributed by atoms with E-state index in [9.17, 15) is 4.79 Å². The lowest BCUT2D eigenvalue weighted by molar-refractivity contribution is -0.142. The average Bonchev–Trinajstić information content (AvgIpc) is 2.43. The Kier molecular flexibility index (Phi) is 6.97. The number of nitrogens with one attached hydrogen (secondary N) is 1. The molecule has 2 fully saturated rings. The van der Waals surface area contributed by atoms with Gasteiger partial charge in [-0.3, -0.25) is 4.79 Å². The maximum Gasteiger partial charge on any atom is 0.305 e.